The van der Waals surface area contributed by atoms with Gasteiger partial charge in [0.1, 0.15) is 17.3 Å². The molecule has 144 valence electrons. The van der Waals surface area contributed by atoms with Crippen molar-refractivity contribution in [1.29, 1.82) is 0 Å². The number of nitrogens with one attached hydrogen (secondary N) is 2. The first-order chi connectivity index (χ1) is 13.6. The van der Waals surface area contributed by atoms with Gasteiger partial charge >= 0.3 is 0 Å². The van der Waals surface area contributed by atoms with Gasteiger partial charge in [0.25, 0.3) is 5.91 Å². The number of hydrogen-bond donors (Lipinski definition) is 2. The number of ether oxygens (including phenoxy) is 1. The summed E-state index contributed by atoms with van der Waals surface area (Å²) >= 11 is 0. The van der Waals surface area contributed by atoms with Crippen LogP contribution in [0.3, 0.4) is 0 Å². The summed E-state index contributed by atoms with van der Waals surface area (Å²) < 4.78 is 11.1. The number of hydrogen-bond acceptors (Lipinski definition) is 5. The van der Waals surface area contributed by atoms with Crippen molar-refractivity contribution in [2.45, 2.75) is 25.3 Å². The standard InChI is InChI=1S/C21H21N3O4/c1-27-15-6-4-5-14(11-15)21-24-16-9-8-13(12-18(16)28-21)19(25)23-17-7-2-3-10-22-20(17)26/h4-6,8-9,11-12,17H,2-3,7,10H2,1H3,(H,22,26)(H,23,25)/t17-/m0/s1. The topological polar surface area (TPSA) is 93.5 Å². The second-order valence-electron chi connectivity index (χ2n) is 6.75. The number of benzene rings is 2. The lowest BCUT2D eigenvalue weighted by Crippen LogP contribution is -2.45. The molecule has 7 nitrogen and oxygen atoms in total. The molecular weight excluding hydrogens is 358 g/mol. The van der Waals surface area contributed by atoms with E-state index in [0.717, 1.165) is 18.4 Å². The van der Waals surface area contributed by atoms with Crippen LogP contribution >= 0.6 is 0 Å². The van der Waals surface area contributed by atoms with E-state index < -0.39 is 6.04 Å². The molecule has 2 aromatic carbocycles. The van der Waals surface area contributed by atoms with Crippen molar-refractivity contribution in [3.05, 3.63) is 48.0 Å². The number of aromatic nitrogens is 1. The highest BCUT2D eigenvalue weighted by atomic mass is 16.5. The number of fused-ring (bicyclic) bond motifs is 1. The molecule has 3 aromatic rings. The van der Waals surface area contributed by atoms with Crippen molar-refractivity contribution in [1.82, 2.24) is 15.6 Å². The molecule has 1 aliphatic heterocycles. The third kappa shape index (κ3) is 3.69. The fourth-order valence-corrected chi connectivity index (χ4v) is 3.26. The summed E-state index contributed by atoms with van der Waals surface area (Å²) in [5.74, 6) is 0.728. The van der Waals surface area contributed by atoms with E-state index in [1.54, 1.807) is 25.3 Å². The molecule has 1 saturated heterocycles. The van der Waals surface area contributed by atoms with Crippen LogP contribution in [-0.2, 0) is 4.79 Å². The van der Waals surface area contributed by atoms with Gasteiger partial charge in [0.15, 0.2) is 5.58 Å². The highest BCUT2D eigenvalue weighted by molar-refractivity contribution is 5.99. The van der Waals surface area contributed by atoms with E-state index >= 15 is 0 Å². The summed E-state index contributed by atoms with van der Waals surface area (Å²) in [4.78, 5) is 29.1. The van der Waals surface area contributed by atoms with Crippen molar-refractivity contribution in [2.75, 3.05) is 13.7 Å². The Morgan fingerprint density at radius 2 is 2.14 bits per heavy atom. The number of nitrogens with zero attached hydrogens (tertiary/aromatic N) is 1. The first-order valence-electron chi connectivity index (χ1n) is 9.27. The van der Waals surface area contributed by atoms with Gasteiger partial charge in [-0.2, -0.15) is 0 Å². The predicted molar refractivity (Wildman–Crippen MR) is 104 cm³/mol. The second-order valence-corrected chi connectivity index (χ2v) is 6.75. The SMILES string of the molecule is COc1cccc(-c2nc3ccc(C(=O)N[C@H]4CCCCNC4=O)cc3o2)c1. The van der Waals surface area contributed by atoms with Gasteiger partial charge in [-0.3, -0.25) is 9.59 Å². The van der Waals surface area contributed by atoms with Crippen LogP contribution in [-0.4, -0.2) is 36.5 Å². The average Bonchev–Trinajstić information content (AvgIpc) is 3.05. The maximum Gasteiger partial charge on any atom is 0.252 e. The van der Waals surface area contributed by atoms with Gasteiger partial charge in [0, 0.05) is 17.7 Å². The minimum absolute atomic E-state index is 0.132. The molecule has 0 radical (unpaired) electrons. The second kappa shape index (κ2) is 7.72. The van der Waals surface area contributed by atoms with Crippen molar-refractivity contribution in [3.8, 4) is 17.2 Å². The monoisotopic (exact) mass is 379 g/mol. The van der Waals surface area contributed by atoms with E-state index in [-0.39, 0.29) is 11.8 Å². The van der Waals surface area contributed by atoms with Crippen LogP contribution in [0.15, 0.2) is 46.9 Å². The molecule has 1 aliphatic rings. The molecule has 4 rings (SSSR count). The van der Waals surface area contributed by atoms with Crippen LogP contribution in [0, 0.1) is 0 Å². The molecule has 1 atom stereocenters. The molecule has 0 aliphatic carbocycles. The smallest absolute Gasteiger partial charge is 0.252 e. The molecule has 0 unspecified atom stereocenters. The molecule has 2 N–H and O–H groups in total. The van der Waals surface area contributed by atoms with E-state index in [4.69, 9.17) is 9.15 Å². The summed E-state index contributed by atoms with van der Waals surface area (Å²) in [6.07, 6.45) is 2.46. The first-order valence-corrected chi connectivity index (χ1v) is 9.27. The molecule has 0 bridgehead atoms. The quantitative estimate of drug-likeness (QED) is 0.727. The fourth-order valence-electron chi connectivity index (χ4n) is 3.26. The van der Waals surface area contributed by atoms with Gasteiger partial charge in [-0.15, -0.1) is 0 Å². The van der Waals surface area contributed by atoms with E-state index in [9.17, 15) is 9.59 Å². The number of rotatable bonds is 4. The van der Waals surface area contributed by atoms with Crippen LogP contribution in [0.2, 0.25) is 0 Å². The normalized spacial score (nSPS) is 17.0. The number of amides is 2. The van der Waals surface area contributed by atoms with E-state index in [2.05, 4.69) is 15.6 Å². The third-order valence-corrected chi connectivity index (χ3v) is 4.81. The molecule has 1 aromatic heterocycles. The zero-order chi connectivity index (χ0) is 19.5. The number of methoxy groups -OCH3 is 1. The Labute approximate surface area is 162 Å². The molecular formula is C21H21N3O4. The van der Waals surface area contributed by atoms with Gasteiger partial charge in [-0.25, -0.2) is 4.98 Å². The van der Waals surface area contributed by atoms with Crippen molar-refractivity contribution in [2.24, 2.45) is 0 Å². The minimum Gasteiger partial charge on any atom is -0.497 e. The molecule has 0 saturated carbocycles. The molecule has 1 fully saturated rings. The fraction of sp³-hybridized carbons (Fsp3) is 0.286. The first kappa shape index (κ1) is 18.0. The Balaban J connectivity index is 1.57. The van der Waals surface area contributed by atoms with Crippen LogP contribution in [0.25, 0.3) is 22.6 Å². The molecule has 28 heavy (non-hydrogen) atoms. The van der Waals surface area contributed by atoms with Crippen molar-refractivity contribution >= 4 is 22.9 Å². The Morgan fingerprint density at radius 1 is 1.25 bits per heavy atom. The summed E-state index contributed by atoms with van der Waals surface area (Å²) in [6.45, 7) is 0.655. The van der Waals surface area contributed by atoms with Gasteiger partial charge in [0.2, 0.25) is 11.8 Å². The maximum absolute atomic E-state index is 12.6. The van der Waals surface area contributed by atoms with Crippen LogP contribution < -0.4 is 15.4 Å². The summed E-state index contributed by atoms with van der Waals surface area (Å²) in [5, 5.41) is 5.63. The van der Waals surface area contributed by atoms with Gasteiger partial charge in [0.05, 0.1) is 7.11 Å². The van der Waals surface area contributed by atoms with E-state index in [1.807, 2.05) is 24.3 Å². The summed E-state index contributed by atoms with van der Waals surface area (Å²) in [6, 6.07) is 12.0. The van der Waals surface area contributed by atoms with Gasteiger partial charge in [-0.1, -0.05) is 6.07 Å². The Bertz CT molecular complexity index is 1030. The number of oxazole rings is 1. The lowest BCUT2D eigenvalue weighted by Gasteiger charge is -2.15. The average molecular weight is 379 g/mol. The Hall–Kier alpha value is -3.35. The summed E-state index contributed by atoms with van der Waals surface area (Å²) in [5.41, 5.74) is 2.38. The lowest BCUT2D eigenvalue weighted by molar-refractivity contribution is -0.122. The van der Waals surface area contributed by atoms with Crippen LogP contribution in [0.5, 0.6) is 5.75 Å². The highest BCUT2D eigenvalue weighted by Crippen LogP contribution is 2.27. The molecule has 2 heterocycles. The zero-order valence-electron chi connectivity index (χ0n) is 15.5. The summed E-state index contributed by atoms with van der Waals surface area (Å²) in [7, 11) is 1.60. The van der Waals surface area contributed by atoms with Crippen LogP contribution in [0.4, 0.5) is 0 Å². The van der Waals surface area contributed by atoms with E-state index in [0.29, 0.717) is 41.3 Å². The molecule has 2 amide bonds. The Morgan fingerprint density at radius 3 is 3.00 bits per heavy atom. The number of carbonyl (C=O) groups excluding carboxylic acids is 2. The molecule has 0 spiro atoms. The molecule has 7 heteroatoms. The zero-order valence-corrected chi connectivity index (χ0v) is 15.5. The number of carbonyl (C=O) groups is 2. The lowest BCUT2D eigenvalue weighted by atomic mass is 10.1. The maximum atomic E-state index is 12.6. The minimum atomic E-state index is -0.507. The van der Waals surface area contributed by atoms with Crippen molar-refractivity contribution < 1.29 is 18.7 Å². The largest absolute Gasteiger partial charge is 0.497 e. The van der Waals surface area contributed by atoms with Crippen molar-refractivity contribution in [3.63, 3.8) is 0 Å². The van der Waals surface area contributed by atoms with Crippen LogP contribution in [0.1, 0.15) is 29.6 Å². The van der Waals surface area contributed by atoms with Gasteiger partial charge < -0.3 is 19.8 Å². The van der Waals surface area contributed by atoms with E-state index in [1.165, 1.54) is 0 Å². The van der Waals surface area contributed by atoms with Gasteiger partial charge in [-0.05, 0) is 55.7 Å². The Kier molecular flexibility index (Phi) is 4.97. The third-order valence-electron chi connectivity index (χ3n) is 4.81. The highest BCUT2D eigenvalue weighted by Gasteiger charge is 2.23. The predicted octanol–water partition coefficient (Wildman–Crippen LogP) is 2.90.